The summed E-state index contributed by atoms with van der Waals surface area (Å²) in [6.45, 7) is 6.27. The van der Waals surface area contributed by atoms with E-state index >= 15 is 0 Å². The van der Waals surface area contributed by atoms with E-state index in [2.05, 4.69) is 31.3 Å². The van der Waals surface area contributed by atoms with Gasteiger partial charge in [0, 0.05) is 11.6 Å². The van der Waals surface area contributed by atoms with Crippen molar-refractivity contribution in [1.29, 1.82) is 0 Å². The first-order valence-electron chi connectivity index (χ1n) is 7.50. The molecule has 0 aliphatic carbocycles. The van der Waals surface area contributed by atoms with Crippen LogP contribution < -0.4 is 5.32 Å². The van der Waals surface area contributed by atoms with E-state index in [9.17, 15) is 4.79 Å². The van der Waals surface area contributed by atoms with E-state index in [1.54, 1.807) is 0 Å². The predicted octanol–water partition coefficient (Wildman–Crippen LogP) is 4.05. The second-order valence-electron chi connectivity index (χ2n) is 5.83. The van der Waals surface area contributed by atoms with Crippen LogP contribution in [0.3, 0.4) is 0 Å². The van der Waals surface area contributed by atoms with E-state index < -0.39 is 0 Å². The fraction of sp³-hybridized carbons (Fsp3) is 0.316. The molecule has 0 bridgehead atoms. The van der Waals surface area contributed by atoms with Crippen molar-refractivity contribution in [1.82, 2.24) is 5.32 Å². The second kappa shape index (κ2) is 7.07. The van der Waals surface area contributed by atoms with Crippen molar-refractivity contribution >= 4 is 5.91 Å². The van der Waals surface area contributed by atoms with Gasteiger partial charge in [-0.15, -0.1) is 0 Å². The molecule has 0 saturated carbocycles. The largest absolute Gasteiger partial charge is 0.349 e. The second-order valence-corrected chi connectivity index (χ2v) is 5.83. The molecular weight excluding hydrogens is 258 g/mol. The summed E-state index contributed by atoms with van der Waals surface area (Å²) in [6.07, 6.45) is 0.778. The lowest BCUT2D eigenvalue weighted by molar-refractivity contribution is 0.0929. The van der Waals surface area contributed by atoms with Crippen LogP contribution in [-0.4, -0.2) is 11.9 Å². The summed E-state index contributed by atoms with van der Waals surface area (Å²) in [4.78, 5) is 12.5. The zero-order valence-electron chi connectivity index (χ0n) is 13.0. The van der Waals surface area contributed by atoms with Gasteiger partial charge in [-0.3, -0.25) is 4.79 Å². The smallest absolute Gasteiger partial charge is 0.251 e. The van der Waals surface area contributed by atoms with Crippen LogP contribution in [-0.2, 0) is 6.42 Å². The average molecular weight is 281 g/mol. The standard InChI is InChI=1S/C19H23NO/c1-14(2)15(3)20-19(21)18-12-8-7-11-17(18)13-16-9-5-4-6-10-16/h4-12,14-15H,13H2,1-3H3,(H,20,21). The Kier molecular flexibility index (Phi) is 5.15. The van der Waals surface area contributed by atoms with Crippen molar-refractivity contribution in [2.45, 2.75) is 33.2 Å². The average Bonchev–Trinajstić information content (AvgIpc) is 2.48. The molecule has 1 N–H and O–H groups in total. The van der Waals surface area contributed by atoms with Crippen LogP contribution in [0.15, 0.2) is 54.6 Å². The zero-order chi connectivity index (χ0) is 15.2. The van der Waals surface area contributed by atoms with E-state index in [1.807, 2.05) is 49.4 Å². The van der Waals surface area contributed by atoms with Gasteiger partial charge in [0.05, 0.1) is 0 Å². The molecule has 1 amide bonds. The van der Waals surface area contributed by atoms with Crippen LogP contribution in [0.2, 0.25) is 0 Å². The third-order valence-corrected chi connectivity index (χ3v) is 3.86. The summed E-state index contributed by atoms with van der Waals surface area (Å²) in [5, 5.41) is 3.08. The molecule has 0 heterocycles. The van der Waals surface area contributed by atoms with E-state index in [4.69, 9.17) is 0 Å². The molecule has 0 saturated heterocycles. The Morgan fingerprint density at radius 1 is 0.952 bits per heavy atom. The topological polar surface area (TPSA) is 29.1 Å². The number of benzene rings is 2. The van der Waals surface area contributed by atoms with Gasteiger partial charge in [0.15, 0.2) is 0 Å². The van der Waals surface area contributed by atoms with Crippen molar-refractivity contribution < 1.29 is 4.79 Å². The molecule has 21 heavy (non-hydrogen) atoms. The molecule has 0 aromatic heterocycles. The van der Waals surface area contributed by atoms with Gasteiger partial charge in [0.2, 0.25) is 0 Å². The summed E-state index contributed by atoms with van der Waals surface area (Å²) in [6, 6.07) is 18.2. The third kappa shape index (κ3) is 4.19. The fourth-order valence-electron chi connectivity index (χ4n) is 2.16. The molecule has 0 aliphatic heterocycles. The molecule has 1 atom stereocenters. The van der Waals surface area contributed by atoms with Crippen LogP contribution in [0.4, 0.5) is 0 Å². The highest BCUT2D eigenvalue weighted by Gasteiger charge is 2.15. The third-order valence-electron chi connectivity index (χ3n) is 3.86. The molecule has 0 aliphatic rings. The lowest BCUT2D eigenvalue weighted by atomic mass is 9.98. The minimum Gasteiger partial charge on any atom is -0.349 e. The molecule has 2 aromatic rings. The van der Waals surface area contributed by atoms with E-state index in [0.717, 1.165) is 17.5 Å². The van der Waals surface area contributed by atoms with E-state index in [-0.39, 0.29) is 11.9 Å². The molecule has 0 spiro atoms. The Hall–Kier alpha value is -2.09. The summed E-state index contributed by atoms with van der Waals surface area (Å²) in [7, 11) is 0. The van der Waals surface area contributed by atoms with E-state index in [0.29, 0.717) is 5.92 Å². The van der Waals surface area contributed by atoms with Crippen molar-refractivity contribution in [2.24, 2.45) is 5.92 Å². The van der Waals surface area contributed by atoms with Gasteiger partial charge in [-0.2, -0.15) is 0 Å². The van der Waals surface area contributed by atoms with Gasteiger partial charge in [-0.05, 0) is 36.5 Å². The summed E-state index contributed by atoms with van der Waals surface area (Å²) in [5.74, 6) is 0.443. The minimum atomic E-state index is 0.0164. The Morgan fingerprint density at radius 3 is 2.24 bits per heavy atom. The normalized spacial score (nSPS) is 12.2. The van der Waals surface area contributed by atoms with Crippen LogP contribution in [0.1, 0.15) is 42.3 Å². The van der Waals surface area contributed by atoms with Crippen molar-refractivity contribution in [2.75, 3.05) is 0 Å². The maximum absolute atomic E-state index is 12.5. The lowest BCUT2D eigenvalue weighted by Crippen LogP contribution is -2.36. The first-order chi connectivity index (χ1) is 10.1. The van der Waals surface area contributed by atoms with Gasteiger partial charge >= 0.3 is 0 Å². The maximum Gasteiger partial charge on any atom is 0.251 e. The SMILES string of the molecule is CC(C)C(C)NC(=O)c1ccccc1Cc1ccccc1. The van der Waals surface area contributed by atoms with Gasteiger partial charge in [-0.25, -0.2) is 0 Å². The van der Waals surface area contributed by atoms with Gasteiger partial charge in [0.25, 0.3) is 5.91 Å². The van der Waals surface area contributed by atoms with E-state index in [1.165, 1.54) is 5.56 Å². The van der Waals surface area contributed by atoms with Crippen LogP contribution >= 0.6 is 0 Å². The molecule has 0 fully saturated rings. The number of rotatable bonds is 5. The fourth-order valence-corrected chi connectivity index (χ4v) is 2.16. The quantitative estimate of drug-likeness (QED) is 0.880. The molecular formula is C19H23NO. The molecule has 1 unspecified atom stereocenters. The number of carbonyl (C=O) groups excluding carboxylic acids is 1. The first kappa shape index (κ1) is 15.3. The Morgan fingerprint density at radius 2 is 1.57 bits per heavy atom. The zero-order valence-corrected chi connectivity index (χ0v) is 13.0. The highest BCUT2D eigenvalue weighted by atomic mass is 16.1. The highest BCUT2D eigenvalue weighted by molar-refractivity contribution is 5.96. The summed E-state index contributed by atoms with van der Waals surface area (Å²) < 4.78 is 0. The summed E-state index contributed by atoms with van der Waals surface area (Å²) >= 11 is 0. The minimum absolute atomic E-state index is 0.0164. The highest BCUT2D eigenvalue weighted by Crippen LogP contribution is 2.15. The Balaban J connectivity index is 2.19. The van der Waals surface area contributed by atoms with Crippen LogP contribution in [0, 0.1) is 5.92 Å². The maximum atomic E-state index is 12.5. The van der Waals surface area contributed by atoms with Crippen molar-refractivity contribution in [3.05, 3.63) is 71.3 Å². The molecule has 2 nitrogen and oxygen atoms in total. The Labute approximate surface area is 127 Å². The first-order valence-corrected chi connectivity index (χ1v) is 7.50. The predicted molar refractivity (Wildman–Crippen MR) is 87.5 cm³/mol. The number of nitrogens with one attached hydrogen (secondary N) is 1. The number of hydrogen-bond acceptors (Lipinski definition) is 1. The molecule has 2 heteroatoms. The number of amides is 1. The lowest BCUT2D eigenvalue weighted by Gasteiger charge is -2.18. The number of hydrogen-bond donors (Lipinski definition) is 1. The number of carbonyl (C=O) groups is 1. The van der Waals surface area contributed by atoms with Gasteiger partial charge in [0.1, 0.15) is 0 Å². The molecule has 2 rings (SSSR count). The molecule has 2 aromatic carbocycles. The van der Waals surface area contributed by atoms with Crippen molar-refractivity contribution in [3.63, 3.8) is 0 Å². The van der Waals surface area contributed by atoms with Crippen LogP contribution in [0.5, 0.6) is 0 Å². The monoisotopic (exact) mass is 281 g/mol. The van der Waals surface area contributed by atoms with Crippen LogP contribution in [0.25, 0.3) is 0 Å². The van der Waals surface area contributed by atoms with Gasteiger partial charge < -0.3 is 5.32 Å². The van der Waals surface area contributed by atoms with Crippen molar-refractivity contribution in [3.8, 4) is 0 Å². The molecule has 110 valence electrons. The Bertz CT molecular complexity index is 590. The molecule has 0 radical (unpaired) electrons. The summed E-state index contributed by atoms with van der Waals surface area (Å²) in [5.41, 5.74) is 3.06. The van der Waals surface area contributed by atoms with Gasteiger partial charge in [-0.1, -0.05) is 62.4 Å².